The number of carbonyl (C=O) groups excluding carboxylic acids is 1. The summed E-state index contributed by atoms with van der Waals surface area (Å²) in [6, 6.07) is 14.4. The second-order valence-electron chi connectivity index (χ2n) is 7.41. The van der Waals surface area contributed by atoms with Crippen LogP contribution in [-0.4, -0.2) is 42.0 Å². The maximum Gasteiger partial charge on any atom is 0.228 e. The molecule has 1 aliphatic rings. The highest BCUT2D eigenvalue weighted by atomic mass is 19.1. The fourth-order valence-corrected chi connectivity index (χ4v) is 3.60. The number of oxazole rings is 1. The molecular formula is C23H24FN3O2. The second-order valence-corrected chi connectivity index (χ2v) is 7.41. The topological polar surface area (TPSA) is 49.6 Å². The van der Waals surface area contributed by atoms with Gasteiger partial charge >= 0.3 is 0 Å². The van der Waals surface area contributed by atoms with E-state index in [4.69, 9.17) is 4.42 Å². The highest BCUT2D eigenvalue weighted by Gasteiger charge is 2.23. The molecule has 0 radical (unpaired) electrons. The Morgan fingerprint density at radius 2 is 1.79 bits per heavy atom. The summed E-state index contributed by atoms with van der Waals surface area (Å²) < 4.78 is 18.8. The number of anilines is 1. The van der Waals surface area contributed by atoms with Crippen LogP contribution >= 0.6 is 0 Å². The summed E-state index contributed by atoms with van der Waals surface area (Å²) in [5.74, 6) is 0.777. The highest BCUT2D eigenvalue weighted by molar-refractivity contribution is 5.79. The summed E-state index contributed by atoms with van der Waals surface area (Å²) in [4.78, 5) is 21.5. The van der Waals surface area contributed by atoms with Crippen molar-refractivity contribution in [2.24, 2.45) is 0 Å². The summed E-state index contributed by atoms with van der Waals surface area (Å²) in [7, 11) is 0. The minimum absolute atomic E-state index is 0.0518. The molecule has 1 aliphatic heterocycles. The van der Waals surface area contributed by atoms with Crippen molar-refractivity contribution in [2.45, 2.75) is 20.3 Å². The van der Waals surface area contributed by atoms with Crippen LogP contribution in [0, 0.1) is 19.7 Å². The van der Waals surface area contributed by atoms with E-state index in [-0.39, 0.29) is 18.1 Å². The van der Waals surface area contributed by atoms with E-state index in [1.807, 2.05) is 4.90 Å². The molecule has 1 amide bonds. The SMILES string of the molecule is Cc1cccc(N2CCN(C(=O)Cc3nc(-c4ccc(F)cc4)oc3C)CC2)c1. The smallest absolute Gasteiger partial charge is 0.228 e. The molecule has 1 aromatic heterocycles. The lowest BCUT2D eigenvalue weighted by Gasteiger charge is -2.36. The summed E-state index contributed by atoms with van der Waals surface area (Å²) in [5.41, 5.74) is 3.77. The van der Waals surface area contributed by atoms with Crippen LogP contribution in [-0.2, 0) is 11.2 Å². The average molecular weight is 393 g/mol. The monoisotopic (exact) mass is 393 g/mol. The Kier molecular flexibility index (Phi) is 5.34. The molecule has 1 fully saturated rings. The van der Waals surface area contributed by atoms with Crippen molar-refractivity contribution in [3.05, 3.63) is 71.4 Å². The number of carbonyl (C=O) groups is 1. The molecule has 3 aromatic rings. The highest BCUT2D eigenvalue weighted by Crippen LogP contribution is 2.23. The third-order valence-corrected chi connectivity index (χ3v) is 5.30. The molecule has 5 nitrogen and oxygen atoms in total. The van der Waals surface area contributed by atoms with Gasteiger partial charge in [0.2, 0.25) is 11.8 Å². The van der Waals surface area contributed by atoms with Gasteiger partial charge in [-0.25, -0.2) is 9.37 Å². The zero-order valence-corrected chi connectivity index (χ0v) is 16.7. The van der Waals surface area contributed by atoms with E-state index in [1.54, 1.807) is 19.1 Å². The van der Waals surface area contributed by atoms with Crippen molar-refractivity contribution in [3.8, 4) is 11.5 Å². The standard InChI is InChI=1S/C23H24FN3O2/c1-16-4-3-5-20(14-16)26-10-12-27(13-11-26)22(28)15-21-17(2)29-23(25-21)18-6-8-19(24)9-7-18/h3-9,14H,10-13,15H2,1-2H3. The largest absolute Gasteiger partial charge is 0.441 e. The quantitative estimate of drug-likeness (QED) is 0.673. The van der Waals surface area contributed by atoms with Gasteiger partial charge in [-0.1, -0.05) is 12.1 Å². The van der Waals surface area contributed by atoms with Crippen molar-refractivity contribution in [1.29, 1.82) is 0 Å². The molecule has 4 rings (SSSR count). The number of nitrogens with zero attached hydrogens (tertiary/aromatic N) is 3. The van der Waals surface area contributed by atoms with Crippen molar-refractivity contribution < 1.29 is 13.6 Å². The Bertz CT molecular complexity index is 1010. The van der Waals surface area contributed by atoms with Crippen LogP contribution < -0.4 is 4.90 Å². The van der Waals surface area contributed by atoms with Crippen LogP contribution in [0.4, 0.5) is 10.1 Å². The van der Waals surface area contributed by atoms with Gasteiger partial charge in [0.1, 0.15) is 11.6 Å². The van der Waals surface area contributed by atoms with Crippen molar-refractivity contribution in [3.63, 3.8) is 0 Å². The molecule has 0 saturated carbocycles. The summed E-state index contributed by atoms with van der Waals surface area (Å²) in [5, 5.41) is 0. The van der Waals surface area contributed by atoms with Gasteiger partial charge in [0.25, 0.3) is 0 Å². The van der Waals surface area contributed by atoms with E-state index in [2.05, 4.69) is 41.1 Å². The van der Waals surface area contributed by atoms with Crippen LogP contribution in [0.25, 0.3) is 11.5 Å². The van der Waals surface area contributed by atoms with E-state index in [9.17, 15) is 9.18 Å². The number of hydrogen-bond donors (Lipinski definition) is 0. The lowest BCUT2D eigenvalue weighted by Crippen LogP contribution is -2.49. The molecule has 0 bridgehead atoms. The molecule has 150 valence electrons. The third kappa shape index (κ3) is 4.31. The predicted molar refractivity (Wildman–Crippen MR) is 110 cm³/mol. The maximum absolute atomic E-state index is 13.1. The van der Waals surface area contributed by atoms with Crippen molar-refractivity contribution >= 4 is 11.6 Å². The van der Waals surface area contributed by atoms with Gasteiger partial charge in [-0.05, 0) is 55.8 Å². The summed E-state index contributed by atoms with van der Waals surface area (Å²) in [6.45, 7) is 6.90. The van der Waals surface area contributed by atoms with E-state index < -0.39 is 0 Å². The number of aryl methyl sites for hydroxylation is 2. The second kappa shape index (κ2) is 8.07. The van der Waals surface area contributed by atoms with Gasteiger partial charge in [0, 0.05) is 37.4 Å². The fourth-order valence-electron chi connectivity index (χ4n) is 3.60. The van der Waals surface area contributed by atoms with Crippen LogP contribution in [0.5, 0.6) is 0 Å². The molecule has 1 saturated heterocycles. The van der Waals surface area contributed by atoms with Gasteiger partial charge in [0.05, 0.1) is 12.1 Å². The van der Waals surface area contributed by atoms with E-state index in [0.717, 1.165) is 13.1 Å². The molecule has 0 atom stereocenters. The van der Waals surface area contributed by atoms with Gasteiger partial charge in [-0.2, -0.15) is 0 Å². The minimum Gasteiger partial charge on any atom is -0.441 e. The van der Waals surface area contributed by atoms with Crippen molar-refractivity contribution in [2.75, 3.05) is 31.1 Å². The number of aromatic nitrogens is 1. The Balaban J connectivity index is 1.38. The maximum atomic E-state index is 13.1. The number of amides is 1. The first-order chi connectivity index (χ1) is 14.0. The summed E-state index contributed by atoms with van der Waals surface area (Å²) in [6.07, 6.45) is 0.209. The van der Waals surface area contributed by atoms with E-state index in [1.165, 1.54) is 23.4 Å². The molecule has 29 heavy (non-hydrogen) atoms. The molecule has 2 heterocycles. The molecule has 6 heteroatoms. The summed E-state index contributed by atoms with van der Waals surface area (Å²) >= 11 is 0. The number of piperazine rings is 1. The Labute approximate surface area is 169 Å². The van der Waals surface area contributed by atoms with Crippen LogP contribution in [0.1, 0.15) is 17.0 Å². The first-order valence-electron chi connectivity index (χ1n) is 9.81. The number of rotatable bonds is 4. The van der Waals surface area contributed by atoms with Gasteiger partial charge < -0.3 is 14.2 Å². The van der Waals surface area contributed by atoms with Gasteiger partial charge in [-0.15, -0.1) is 0 Å². The molecule has 2 aromatic carbocycles. The Morgan fingerprint density at radius 3 is 2.48 bits per heavy atom. The number of halogens is 1. The lowest BCUT2D eigenvalue weighted by atomic mass is 10.1. The Hall–Kier alpha value is -3.15. The van der Waals surface area contributed by atoms with Gasteiger partial charge in [0.15, 0.2) is 0 Å². The Morgan fingerprint density at radius 1 is 1.07 bits per heavy atom. The average Bonchev–Trinajstić information content (AvgIpc) is 3.09. The zero-order valence-electron chi connectivity index (χ0n) is 16.7. The van der Waals surface area contributed by atoms with Crippen LogP contribution in [0.2, 0.25) is 0 Å². The molecule has 0 N–H and O–H groups in total. The van der Waals surface area contributed by atoms with E-state index in [0.29, 0.717) is 36.0 Å². The van der Waals surface area contributed by atoms with Gasteiger partial charge in [-0.3, -0.25) is 4.79 Å². The third-order valence-electron chi connectivity index (χ3n) is 5.30. The number of benzene rings is 2. The fraction of sp³-hybridized carbons (Fsp3) is 0.304. The van der Waals surface area contributed by atoms with Crippen LogP contribution in [0.3, 0.4) is 0 Å². The first kappa shape index (κ1) is 19.2. The normalized spacial score (nSPS) is 14.3. The van der Waals surface area contributed by atoms with Crippen LogP contribution in [0.15, 0.2) is 52.9 Å². The predicted octanol–water partition coefficient (Wildman–Crippen LogP) is 3.99. The number of hydrogen-bond acceptors (Lipinski definition) is 4. The van der Waals surface area contributed by atoms with Crippen molar-refractivity contribution in [1.82, 2.24) is 9.88 Å². The molecule has 0 aliphatic carbocycles. The zero-order chi connectivity index (χ0) is 20.4. The first-order valence-corrected chi connectivity index (χ1v) is 9.81. The molecule has 0 unspecified atom stereocenters. The lowest BCUT2D eigenvalue weighted by molar-refractivity contribution is -0.130. The minimum atomic E-state index is -0.308. The van der Waals surface area contributed by atoms with E-state index >= 15 is 0 Å². The molecule has 0 spiro atoms. The molecular weight excluding hydrogens is 369 g/mol.